The quantitative estimate of drug-likeness (QED) is 0.761. The Bertz CT molecular complexity index is 391. The van der Waals surface area contributed by atoms with Gasteiger partial charge in [-0.3, -0.25) is 0 Å². The van der Waals surface area contributed by atoms with Gasteiger partial charge in [-0.25, -0.2) is 13.2 Å². The SMILES string of the molecule is CC(C)CCC(C)NCc1cc(F)c(F)cc1F. The van der Waals surface area contributed by atoms with E-state index in [9.17, 15) is 13.2 Å². The number of hydrogen-bond acceptors (Lipinski definition) is 1. The first-order chi connectivity index (χ1) is 8.40. The largest absolute Gasteiger partial charge is 0.310 e. The molecule has 0 amide bonds. The summed E-state index contributed by atoms with van der Waals surface area (Å²) in [6, 6.07) is 1.72. The number of hydrogen-bond donors (Lipinski definition) is 1. The fourth-order valence-electron chi connectivity index (χ4n) is 1.67. The molecule has 0 aliphatic rings. The molecular formula is C14H20F3N. The van der Waals surface area contributed by atoms with E-state index in [0.29, 0.717) is 12.0 Å². The van der Waals surface area contributed by atoms with Gasteiger partial charge in [0.2, 0.25) is 0 Å². The van der Waals surface area contributed by atoms with Crippen molar-refractivity contribution < 1.29 is 13.2 Å². The van der Waals surface area contributed by atoms with Crippen molar-refractivity contribution in [2.45, 2.75) is 46.2 Å². The number of halogens is 3. The van der Waals surface area contributed by atoms with Crippen LogP contribution in [0.5, 0.6) is 0 Å². The lowest BCUT2D eigenvalue weighted by atomic mass is 10.0. The molecule has 4 heteroatoms. The first-order valence-corrected chi connectivity index (χ1v) is 6.27. The van der Waals surface area contributed by atoms with Crippen LogP contribution in [-0.2, 0) is 6.54 Å². The third kappa shape index (κ3) is 4.69. The van der Waals surface area contributed by atoms with E-state index < -0.39 is 17.5 Å². The maximum absolute atomic E-state index is 13.3. The van der Waals surface area contributed by atoms with E-state index >= 15 is 0 Å². The van der Waals surface area contributed by atoms with Gasteiger partial charge in [-0.2, -0.15) is 0 Å². The highest BCUT2D eigenvalue weighted by Gasteiger charge is 2.10. The van der Waals surface area contributed by atoms with Gasteiger partial charge in [0.1, 0.15) is 5.82 Å². The molecule has 0 radical (unpaired) electrons. The summed E-state index contributed by atoms with van der Waals surface area (Å²) in [6.45, 7) is 6.49. The van der Waals surface area contributed by atoms with Gasteiger partial charge in [0, 0.05) is 24.2 Å². The van der Waals surface area contributed by atoms with Gasteiger partial charge >= 0.3 is 0 Å². The topological polar surface area (TPSA) is 12.0 Å². The molecule has 0 spiro atoms. The maximum atomic E-state index is 13.3. The van der Waals surface area contributed by atoms with Crippen LogP contribution in [0.2, 0.25) is 0 Å². The smallest absolute Gasteiger partial charge is 0.161 e. The van der Waals surface area contributed by atoms with Gasteiger partial charge in [0.25, 0.3) is 0 Å². The van der Waals surface area contributed by atoms with Crippen molar-refractivity contribution in [3.8, 4) is 0 Å². The van der Waals surface area contributed by atoms with E-state index in [0.717, 1.165) is 18.9 Å². The van der Waals surface area contributed by atoms with Gasteiger partial charge in [-0.1, -0.05) is 13.8 Å². The Morgan fingerprint density at radius 2 is 1.56 bits per heavy atom. The summed E-state index contributed by atoms with van der Waals surface area (Å²) < 4.78 is 39.0. The van der Waals surface area contributed by atoms with Crippen molar-refractivity contribution >= 4 is 0 Å². The molecule has 102 valence electrons. The molecule has 0 aromatic heterocycles. The molecule has 1 unspecified atom stereocenters. The first-order valence-electron chi connectivity index (χ1n) is 6.27. The number of nitrogens with one attached hydrogen (secondary N) is 1. The molecule has 1 rings (SSSR count). The molecule has 1 N–H and O–H groups in total. The minimum absolute atomic E-state index is 0.158. The average molecular weight is 259 g/mol. The lowest BCUT2D eigenvalue weighted by Gasteiger charge is -2.15. The van der Waals surface area contributed by atoms with Crippen LogP contribution >= 0.6 is 0 Å². The fourth-order valence-corrected chi connectivity index (χ4v) is 1.67. The van der Waals surface area contributed by atoms with E-state index in [1.807, 2.05) is 6.92 Å². The second-order valence-electron chi connectivity index (χ2n) is 5.11. The Morgan fingerprint density at radius 1 is 0.944 bits per heavy atom. The molecule has 1 aromatic carbocycles. The number of rotatable bonds is 6. The minimum atomic E-state index is -1.15. The molecule has 0 aliphatic carbocycles. The van der Waals surface area contributed by atoms with Crippen molar-refractivity contribution in [1.82, 2.24) is 5.32 Å². The van der Waals surface area contributed by atoms with Crippen molar-refractivity contribution in [3.63, 3.8) is 0 Å². The molecule has 0 heterocycles. The third-order valence-electron chi connectivity index (χ3n) is 2.91. The summed E-state index contributed by atoms with van der Waals surface area (Å²) in [4.78, 5) is 0. The van der Waals surface area contributed by atoms with Crippen LogP contribution < -0.4 is 5.32 Å². The molecule has 1 aromatic rings. The third-order valence-corrected chi connectivity index (χ3v) is 2.91. The van der Waals surface area contributed by atoms with E-state index in [2.05, 4.69) is 19.2 Å². The summed E-state index contributed by atoms with van der Waals surface area (Å²) >= 11 is 0. The zero-order valence-corrected chi connectivity index (χ0v) is 11.1. The Balaban J connectivity index is 2.50. The number of benzene rings is 1. The average Bonchev–Trinajstić information content (AvgIpc) is 2.29. The molecule has 0 bridgehead atoms. The Hall–Kier alpha value is -1.03. The lowest BCUT2D eigenvalue weighted by Crippen LogP contribution is -2.26. The zero-order valence-electron chi connectivity index (χ0n) is 11.1. The van der Waals surface area contributed by atoms with Crippen LogP contribution in [0.3, 0.4) is 0 Å². The van der Waals surface area contributed by atoms with Gasteiger partial charge in [0.05, 0.1) is 0 Å². The summed E-state index contributed by atoms with van der Waals surface area (Å²) in [5, 5.41) is 3.11. The zero-order chi connectivity index (χ0) is 13.7. The van der Waals surface area contributed by atoms with Crippen molar-refractivity contribution in [2.75, 3.05) is 0 Å². The molecular weight excluding hydrogens is 239 g/mol. The molecule has 1 nitrogen and oxygen atoms in total. The highest BCUT2D eigenvalue weighted by molar-refractivity contribution is 5.19. The van der Waals surface area contributed by atoms with Gasteiger partial charge < -0.3 is 5.32 Å². The predicted octanol–water partition coefficient (Wildman–Crippen LogP) is 4.02. The van der Waals surface area contributed by atoms with Crippen LogP contribution in [0, 0.1) is 23.4 Å². The van der Waals surface area contributed by atoms with Crippen molar-refractivity contribution in [2.24, 2.45) is 5.92 Å². The predicted molar refractivity (Wildman–Crippen MR) is 66.7 cm³/mol. The minimum Gasteiger partial charge on any atom is -0.310 e. The second-order valence-corrected chi connectivity index (χ2v) is 5.11. The fraction of sp³-hybridized carbons (Fsp3) is 0.571. The standard InChI is InChI=1S/C14H20F3N/c1-9(2)4-5-10(3)18-8-11-6-13(16)14(17)7-12(11)15/h6-7,9-10,18H,4-5,8H2,1-3H3. The Labute approximate surface area is 106 Å². The monoisotopic (exact) mass is 259 g/mol. The first kappa shape index (κ1) is 15.0. The Morgan fingerprint density at radius 3 is 2.17 bits per heavy atom. The van der Waals surface area contributed by atoms with Gasteiger partial charge in [-0.15, -0.1) is 0 Å². The summed E-state index contributed by atoms with van der Waals surface area (Å²) in [7, 11) is 0. The second kappa shape index (κ2) is 6.78. The maximum Gasteiger partial charge on any atom is 0.161 e. The van der Waals surface area contributed by atoms with Crippen LogP contribution in [0.4, 0.5) is 13.2 Å². The summed E-state index contributed by atoms with van der Waals surface area (Å²) in [5.41, 5.74) is 0.158. The summed E-state index contributed by atoms with van der Waals surface area (Å²) in [6.07, 6.45) is 2.05. The van der Waals surface area contributed by atoms with Crippen molar-refractivity contribution in [3.05, 3.63) is 35.1 Å². The van der Waals surface area contributed by atoms with Crippen LogP contribution in [-0.4, -0.2) is 6.04 Å². The lowest BCUT2D eigenvalue weighted by molar-refractivity contribution is 0.441. The van der Waals surface area contributed by atoms with Gasteiger partial charge in [0.15, 0.2) is 11.6 Å². The Kier molecular flexibility index (Phi) is 5.66. The van der Waals surface area contributed by atoms with Gasteiger partial charge in [-0.05, 0) is 31.7 Å². The van der Waals surface area contributed by atoms with Crippen LogP contribution in [0.15, 0.2) is 12.1 Å². The van der Waals surface area contributed by atoms with Crippen LogP contribution in [0.1, 0.15) is 39.2 Å². The van der Waals surface area contributed by atoms with Crippen molar-refractivity contribution in [1.29, 1.82) is 0 Å². The highest BCUT2D eigenvalue weighted by atomic mass is 19.2. The van der Waals surface area contributed by atoms with E-state index in [-0.39, 0.29) is 18.2 Å². The molecule has 0 aliphatic heterocycles. The summed E-state index contributed by atoms with van der Waals surface area (Å²) in [5.74, 6) is -2.25. The molecule has 0 saturated carbocycles. The molecule has 18 heavy (non-hydrogen) atoms. The van der Waals surface area contributed by atoms with Crippen LogP contribution in [0.25, 0.3) is 0 Å². The molecule has 0 fully saturated rings. The van der Waals surface area contributed by atoms with E-state index in [4.69, 9.17) is 0 Å². The molecule has 0 saturated heterocycles. The molecule has 1 atom stereocenters. The normalized spacial score (nSPS) is 13.1. The van der Waals surface area contributed by atoms with E-state index in [1.54, 1.807) is 0 Å². The highest BCUT2D eigenvalue weighted by Crippen LogP contribution is 2.14. The van der Waals surface area contributed by atoms with E-state index in [1.165, 1.54) is 0 Å².